The Balaban J connectivity index is 0.952. The van der Waals surface area contributed by atoms with E-state index in [1.807, 2.05) is 0 Å². The van der Waals surface area contributed by atoms with Gasteiger partial charge in [-0.2, -0.15) is 0 Å². The van der Waals surface area contributed by atoms with E-state index in [9.17, 15) is 0 Å². The maximum Gasteiger partial charge on any atom is 0.0726 e. The van der Waals surface area contributed by atoms with Crippen molar-refractivity contribution in [3.8, 4) is 55.6 Å². The maximum absolute atomic E-state index is 2.52. The Morgan fingerprint density at radius 1 is 0.211 bits per heavy atom. The zero-order chi connectivity index (χ0) is 46.4. The third-order valence-electron chi connectivity index (χ3n) is 16.7. The van der Waals surface area contributed by atoms with E-state index in [4.69, 9.17) is 0 Å². The van der Waals surface area contributed by atoms with Gasteiger partial charge in [0.15, 0.2) is 0 Å². The molecule has 1 nitrogen and oxygen atoms in total. The lowest BCUT2D eigenvalue weighted by Crippen LogP contribution is -2.26. The van der Waals surface area contributed by atoms with Crippen LogP contribution in [0.1, 0.15) is 44.5 Å². The lowest BCUT2D eigenvalue weighted by Gasteiger charge is -2.33. The van der Waals surface area contributed by atoms with Gasteiger partial charge >= 0.3 is 0 Å². The second-order valence-corrected chi connectivity index (χ2v) is 19.8. The van der Waals surface area contributed by atoms with E-state index in [0.717, 1.165) is 17.1 Å². The molecule has 0 amide bonds. The van der Waals surface area contributed by atoms with Crippen molar-refractivity contribution >= 4 is 38.6 Å². The minimum Gasteiger partial charge on any atom is -0.310 e. The first-order chi connectivity index (χ1) is 35.2. The van der Waals surface area contributed by atoms with E-state index >= 15 is 0 Å². The smallest absolute Gasteiger partial charge is 0.0726 e. The van der Waals surface area contributed by atoms with Crippen LogP contribution in [0.25, 0.3) is 77.2 Å². The highest BCUT2D eigenvalue weighted by molar-refractivity contribution is 6.14. The van der Waals surface area contributed by atoms with Crippen molar-refractivity contribution in [3.05, 3.63) is 305 Å². The molecule has 328 valence electrons. The highest BCUT2D eigenvalue weighted by Crippen LogP contribution is 2.65. The third-order valence-corrected chi connectivity index (χ3v) is 16.7. The number of hydrogen-bond acceptors (Lipinski definition) is 1. The summed E-state index contributed by atoms with van der Waals surface area (Å²) in [5.41, 5.74) is 26.0. The average Bonchev–Trinajstić information content (AvgIpc) is 4.12. The first-order valence-corrected chi connectivity index (χ1v) is 24.9. The van der Waals surface area contributed by atoms with E-state index in [2.05, 4.69) is 266 Å². The summed E-state index contributed by atoms with van der Waals surface area (Å²) in [6.45, 7) is 0. The Bertz CT molecular complexity index is 3930. The normalized spacial score (nSPS) is 14.1. The number of fused-ring (bicyclic) bond motifs is 23. The number of benzene rings is 12. The van der Waals surface area contributed by atoms with Crippen molar-refractivity contribution in [1.82, 2.24) is 0 Å². The summed E-state index contributed by atoms with van der Waals surface area (Å²) in [6.07, 6.45) is 0. The standard InChI is InChI=1S/C70H43N/c1-2-18-49-45(17-1)41-60(51-20-4-3-19-50(49)51)44-33-35-46(36-34-44)71(47-37-39-58-56-25-9-15-31-65(56)69(67(58)42-47)61-27-11-5-21-52(61)53-22-6-12-28-62(53)69)48-38-40-59-57-26-10-16-32-66(57)70(68(59)43-48)63-29-13-7-23-54(63)55-24-8-14-30-64(55)70/h1-43H. The predicted molar refractivity (Wildman–Crippen MR) is 294 cm³/mol. The Labute approximate surface area is 413 Å². The van der Waals surface area contributed by atoms with Crippen molar-refractivity contribution < 1.29 is 0 Å². The lowest BCUT2D eigenvalue weighted by molar-refractivity contribution is 0.792. The molecule has 0 saturated carbocycles. The summed E-state index contributed by atoms with van der Waals surface area (Å²) in [5, 5.41) is 5.07. The van der Waals surface area contributed by atoms with E-state index in [-0.39, 0.29) is 0 Å². The van der Waals surface area contributed by atoms with Crippen LogP contribution in [0.2, 0.25) is 0 Å². The van der Waals surface area contributed by atoms with Gasteiger partial charge in [0.05, 0.1) is 10.8 Å². The fraction of sp³-hybridized carbons (Fsp3) is 0.0286. The number of hydrogen-bond donors (Lipinski definition) is 0. The summed E-state index contributed by atoms with van der Waals surface area (Å²) in [7, 11) is 0. The van der Waals surface area contributed by atoms with Gasteiger partial charge in [-0.15, -0.1) is 0 Å². The molecule has 4 aliphatic rings. The van der Waals surface area contributed by atoms with Gasteiger partial charge in [0.2, 0.25) is 0 Å². The zero-order valence-electron chi connectivity index (χ0n) is 38.8. The molecule has 2 spiro atoms. The molecule has 12 aromatic rings. The molecule has 0 heterocycles. The third kappa shape index (κ3) is 4.95. The van der Waals surface area contributed by atoms with Crippen LogP contribution in [0.5, 0.6) is 0 Å². The van der Waals surface area contributed by atoms with Crippen LogP contribution < -0.4 is 4.90 Å². The summed E-state index contributed by atoms with van der Waals surface area (Å²) in [6, 6.07) is 98.6. The molecule has 0 atom stereocenters. The molecule has 0 saturated heterocycles. The average molecular weight is 898 g/mol. The second-order valence-electron chi connectivity index (χ2n) is 19.8. The van der Waals surface area contributed by atoms with Crippen LogP contribution in [-0.4, -0.2) is 0 Å². The topological polar surface area (TPSA) is 3.24 Å². The monoisotopic (exact) mass is 897 g/mol. The van der Waals surface area contributed by atoms with E-state index in [0.29, 0.717) is 0 Å². The summed E-state index contributed by atoms with van der Waals surface area (Å²) in [4.78, 5) is 2.52. The summed E-state index contributed by atoms with van der Waals surface area (Å²) >= 11 is 0. The molecule has 4 aliphatic carbocycles. The zero-order valence-corrected chi connectivity index (χ0v) is 38.8. The van der Waals surface area contributed by atoms with Crippen LogP contribution >= 0.6 is 0 Å². The van der Waals surface area contributed by atoms with Gasteiger partial charge in [-0.1, -0.05) is 218 Å². The molecule has 71 heavy (non-hydrogen) atoms. The maximum atomic E-state index is 2.52. The Hall–Kier alpha value is -9.04. The molecule has 1 heteroatoms. The van der Waals surface area contributed by atoms with Crippen molar-refractivity contribution in [2.75, 3.05) is 4.90 Å². The molecular weight excluding hydrogens is 855 g/mol. The number of rotatable bonds is 4. The van der Waals surface area contributed by atoms with Crippen molar-refractivity contribution in [1.29, 1.82) is 0 Å². The van der Waals surface area contributed by atoms with Crippen molar-refractivity contribution in [3.63, 3.8) is 0 Å². The van der Waals surface area contributed by atoms with Crippen molar-refractivity contribution in [2.45, 2.75) is 10.8 Å². The first kappa shape index (κ1) is 38.9. The largest absolute Gasteiger partial charge is 0.310 e. The van der Waals surface area contributed by atoms with Crippen molar-refractivity contribution in [2.24, 2.45) is 0 Å². The van der Waals surface area contributed by atoms with Crippen LogP contribution in [0.15, 0.2) is 261 Å². The molecule has 0 aromatic heterocycles. The minimum atomic E-state index is -0.470. The van der Waals surface area contributed by atoms with Gasteiger partial charge in [-0.05, 0) is 164 Å². The second kappa shape index (κ2) is 14.3. The molecular formula is C70H43N. The summed E-state index contributed by atoms with van der Waals surface area (Å²) < 4.78 is 0. The van der Waals surface area contributed by atoms with Gasteiger partial charge in [-0.3, -0.25) is 0 Å². The van der Waals surface area contributed by atoms with Crippen LogP contribution in [-0.2, 0) is 10.8 Å². The molecule has 0 aliphatic heterocycles. The van der Waals surface area contributed by atoms with Crippen LogP contribution in [0.3, 0.4) is 0 Å². The first-order valence-electron chi connectivity index (χ1n) is 24.9. The van der Waals surface area contributed by atoms with Gasteiger partial charge in [-0.25, -0.2) is 0 Å². The molecule has 16 rings (SSSR count). The fourth-order valence-electron chi connectivity index (χ4n) is 14.0. The highest BCUT2D eigenvalue weighted by Gasteiger charge is 2.53. The summed E-state index contributed by atoms with van der Waals surface area (Å²) in [5.74, 6) is 0. The van der Waals surface area contributed by atoms with E-state index < -0.39 is 10.8 Å². The predicted octanol–water partition coefficient (Wildman–Crippen LogP) is 17.8. The number of nitrogens with zero attached hydrogens (tertiary/aromatic N) is 1. The van der Waals surface area contributed by atoms with Gasteiger partial charge < -0.3 is 4.90 Å². The van der Waals surface area contributed by atoms with Crippen LogP contribution in [0, 0.1) is 0 Å². The molecule has 0 bridgehead atoms. The Kier molecular flexibility index (Phi) is 7.81. The molecule has 12 aromatic carbocycles. The molecule has 0 radical (unpaired) electrons. The minimum absolute atomic E-state index is 0.470. The quantitative estimate of drug-likeness (QED) is 0.159. The van der Waals surface area contributed by atoms with E-state index in [1.165, 1.54) is 122 Å². The SMILES string of the molecule is c1ccc2c(c1)-c1ccccc1C21c2ccccc2-c2ccc(N(c3ccc(-c4cc5ccccc5c5ccccc45)cc3)c3ccc4c(c3)C3(c5ccccc5-c5ccccc53)c3ccccc3-4)cc21. The highest BCUT2D eigenvalue weighted by atomic mass is 15.1. The van der Waals surface area contributed by atoms with Crippen LogP contribution in [0.4, 0.5) is 17.1 Å². The van der Waals surface area contributed by atoms with Gasteiger partial charge in [0.25, 0.3) is 0 Å². The lowest BCUT2D eigenvalue weighted by atomic mass is 9.70. The molecule has 0 N–H and O–H groups in total. The number of anilines is 3. The fourth-order valence-corrected chi connectivity index (χ4v) is 14.0. The Morgan fingerprint density at radius 2 is 0.535 bits per heavy atom. The molecule has 0 fully saturated rings. The van der Waals surface area contributed by atoms with Gasteiger partial charge in [0, 0.05) is 17.1 Å². The van der Waals surface area contributed by atoms with E-state index in [1.54, 1.807) is 0 Å². The molecule has 0 unspecified atom stereocenters. The Morgan fingerprint density at radius 3 is 0.958 bits per heavy atom. The van der Waals surface area contributed by atoms with Gasteiger partial charge in [0.1, 0.15) is 0 Å².